The molecule has 0 heterocycles. The van der Waals surface area contributed by atoms with Gasteiger partial charge in [-0.3, -0.25) is 4.90 Å². The summed E-state index contributed by atoms with van der Waals surface area (Å²) in [6.45, 7) is 3.96. The lowest BCUT2D eigenvalue weighted by Gasteiger charge is -2.24. The highest BCUT2D eigenvalue weighted by atomic mass is 15.2. The minimum Gasteiger partial charge on any atom is -0.370 e. The molecule has 0 aliphatic rings. The van der Waals surface area contributed by atoms with E-state index in [2.05, 4.69) is 29.3 Å². The first kappa shape index (κ1) is 12.5. The maximum atomic E-state index is 8.95. The summed E-state index contributed by atoms with van der Waals surface area (Å²) in [7, 11) is 4.02. The normalized spacial score (nSPS) is 14.2. The third-order valence-electron chi connectivity index (χ3n) is 2.65. The van der Waals surface area contributed by atoms with Crippen molar-refractivity contribution >= 4 is 5.69 Å². The molecular weight excluding hydrogens is 198 g/mol. The van der Waals surface area contributed by atoms with Crippen molar-refractivity contribution in [1.82, 2.24) is 4.90 Å². The van der Waals surface area contributed by atoms with E-state index in [9.17, 15) is 0 Å². The fourth-order valence-electron chi connectivity index (χ4n) is 1.35. The van der Waals surface area contributed by atoms with Crippen molar-refractivity contribution in [2.24, 2.45) is 0 Å². The second-order valence-corrected chi connectivity index (χ2v) is 4.13. The highest BCUT2D eigenvalue weighted by molar-refractivity contribution is 5.53. The molecule has 0 aromatic heterocycles. The van der Waals surface area contributed by atoms with Crippen LogP contribution >= 0.6 is 0 Å². The number of rotatable bonds is 4. The molecule has 2 atom stereocenters. The van der Waals surface area contributed by atoms with Crippen molar-refractivity contribution in [1.29, 1.82) is 5.26 Å². The molecule has 2 unspecified atom stereocenters. The minimum absolute atomic E-state index is 0.141. The maximum absolute atomic E-state index is 8.95. The molecule has 1 rings (SSSR count). The maximum Gasteiger partial charge on any atom is 0.0759 e. The van der Waals surface area contributed by atoms with Gasteiger partial charge in [0.2, 0.25) is 0 Å². The monoisotopic (exact) mass is 216 g/mol. The first-order valence-electron chi connectivity index (χ1n) is 5.39. The van der Waals surface area contributed by atoms with E-state index >= 15 is 0 Å². The van der Waals surface area contributed by atoms with E-state index in [4.69, 9.17) is 5.26 Å². The average Bonchev–Trinajstić information content (AvgIpc) is 2.28. The van der Waals surface area contributed by atoms with Crippen LogP contribution in [0.1, 0.15) is 25.3 Å². The van der Waals surface area contributed by atoms with E-state index in [-0.39, 0.29) is 12.1 Å². The summed E-state index contributed by atoms with van der Waals surface area (Å²) in [6.07, 6.45) is 0.223. The zero-order valence-electron chi connectivity index (χ0n) is 10.3. The van der Waals surface area contributed by atoms with Gasteiger partial charge in [0.1, 0.15) is 0 Å². The first-order valence-corrected chi connectivity index (χ1v) is 5.39. The molecule has 0 amide bonds. The van der Waals surface area contributed by atoms with Gasteiger partial charge in [0.15, 0.2) is 0 Å². The van der Waals surface area contributed by atoms with Gasteiger partial charge in [-0.2, -0.15) is 5.26 Å². The fraction of sp³-hybridized carbons (Fsp3) is 0.462. The lowest BCUT2D eigenvalue weighted by molar-refractivity contribution is 0.343. The first-order chi connectivity index (χ1) is 7.56. The average molecular weight is 216 g/mol. The van der Waals surface area contributed by atoms with Crippen LogP contribution in [0.2, 0.25) is 0 Å². The van der Waals surface area contributed by atoms with E-state index in [0.717, 1.165) is 11.3 Å². The number of anilines is 1. The molecule has 1 aromatic carbocycles. The van der Waals surface area contributed by atoms with Crippen LogP contribution < -0.4 is 5.32 Å². The molecule has 16 heavy (non-hydrogen) atoms. The Morgan fingerprint density at radius 2 is 2.12 bits per heavy atom. The number of nitrogens with one attached hydrogen (secondary N) is 1. The largest absolute Gasteiger partial charge is 0.370 e. The minimum atomic E-state index is -0.141. The van der Waals surface area contributed by atoms with Gasteiger partial charge in [-0.1, -0.05) is 12.1 Å². The van der Waals surface area contributed by atoms with Crippen LogP contribution in [0.5, 0.6) is 0 Å². The predicted octanol–water partition coefficient (Wildman–Crippen LogP) is 2.43. The van der Waals surface area contributed by atoms with Crippen LogP contribution in [0.15, 0.2) is 18.2 Å². The molecule has 85 valence electrons. The third-order valence-corrected chi connectivity index (χ3v) is 2.65. The van der Waals surface area contributed by atoms with Crippen molar-refractivity contribution in [2.45, 2.75) is 25.9 Å². The van der Waals surface area contributed by atoms with Crippen LogP contribution in [-0.4, -0.2) is 25.2 Å². The Kier molecular flexibility index (Phi) is 4.33. The SMILES string of the molecule is CC(C#N)c1[c]cccc1NC(C)N(C)C. The summed E-state index contributed by atoms with van der Waals surface area (Å²) < 4.78 is 0. The van der Waals surface area contributed by atoms with Gasteiger partial charge in [0, 0.05) is 11.3 Å². The van der Waals surface area contributed by atoms with Gasteiger partial charge in [0.25, 0.3) is 0 Å². The summed E-state index contributed by atoms with van der Waals surface area (Å²) in [4.78, 5) is 2.08. The Morgan fingerprint density at radius 1 is 1.44 bits per heavy atom. The van der Waals surface area contributed by atoms with Crippen molar-refractivity contribution in [3.05, 3.63) is 29.8 Å². The Balaban J connectivity index is 2.92. The molecule has 0 bridgehead atoms. The zero-order chi connectivity index (χ0) is 12.1. The van der Waals surface area contributed by atoms with Crippen LogP contribution in [0.25, 0.3) is 0 Å². The van der Waals surface area contributed by atoms with Crippen LogP contribution in [0.3, 0.4) is 0 Å². The third kappa shape index (κ3) is 2.98. The molecule has 3 heteroatoms. The molecule has 1 N–H and O–H groups in total. The number of hydrogen-bond acceptors (Lipinski definition) is 3. The van der Waals surface area contributed by atoms with E-state index in [0.29, 0.717) is 0 Å². The lowest BCUT2D eigenvalue weighted by Crippen LogP contribution is -2.32. The Hall–Kier alpha value is -1.53. The predicted molar refractivity (Wildman–Crippen MR) is 66.1 cm³/mol. The van der Waals surface area contributed by atoms with Crippen LogP contribution in [-0.2, 0) is 0 Å². The highest BCUT2D eigenvalue weighted by Gasteiger charge is 2.12. The van der Waals surface area contributed by atoms with E-state index < -0.39 is 0 Å². The molecule has 0 spiro atoms. The molecule has 0 saturated carbocycles. The van der Waals surface area contributed by atoms with E-state index in [1.54, 1.807) is 0 Å². The molecule has 1 aromatic rings. The summed E-state index contributed by atoms with van der Waals surface area (Å²) >= 11 is 0. The van der Waals surface area contributed by atoms with Crippen LogP contribution in [0, 0.1) is 17.4 Å². The summed E-state index contributed by atoms with van der Waals surface area (Å²) in [5.41, 5.74) is 1.91. The molecule has 0 aliphatic heterocycles. The molecular formula is C13H18N3. The summed E-state index contributed by atoms with van der Waals surface area (Å²) in [5.74, 6) is -0.141. The second kappa shape index (κ2) is 5.53. The molecule has 1 radical (unpaired) electrons. The van der Waals surface area contributed by atoms with Crippen molar-refractivity contribution in [3.63, 3.8) is 0 Å². The van der Waals surface area contributed by atoms with Gasteiger partial charge in [0.05, 0.1) is 18.2 Å². The van der Waals surface area contributed by atoms with Gasteiger partial charge in [-0.25, -0.2) is 0 Å². The summed E-state index contributed by atoms with van der Waals surface area (Å²) in [5, 5.41) is 12.3. The fourth-order valence-corrected chi connectivity index (χ4v) is 1.35. The Morgan fingerprint density at radius 3 is 2.69 bits per heavy atom. The number of benzene rings is 1. The van der Waals surface area contributed by atoms with Crippen LogP contribution in [0.4, 0.5) is 5.69 Å². The van der Waals surface area contributed by atoms with Crippen molar-refractivity contribution in [3.8, 4) is 6.07 Å². The smallest absolute Gasteiger partial charge is 0.0759 e. The Labute approximate surface area is 97.7 Å². The van der Waals surface area contributed by atoms with Crippen molar-refractivity contribution < 1.29 is 0 Å². The van der Waals surface area contributed by atoms with Gasteiger partial charge >= 0.3 is 0 Å². The van der Waals surface area contributed by atoms with Gasteiger partial charge in [-0.15, -0.1) is 0 Å². The van der Waals surface area contributed by atoms with Gasteiger partial charge < -0.3 is 5.32 Å². The molecule has 0 saturated heterocycles. The number of hydrogen-bond donors (Lipinski definition) is 1. The molecule has 0 fully saturated rings. The molecule has 3 nitrogen and oxygen atoms in total. The second-order valence-electron chi connectivity index (χ2n) is 4.13. The topological polar surface area (TPSA) is 39.1 Å². The van der Waals surface area contributed by atoms with E-state index in [1.165, 1.54) is 0 Å². The molecule has 0 aliphatic carbocycles. The van der Waals surface area contributed by atoms with Gasteiger partial charge in [-0.05, 0) is 40.1 Å². The summed E-state index contributed by atoms with van der Waals surface area (Å²) in [6, 6.07) is 11.1. The Bertz CT molecular complexity index is 379. The lowest BCUT2D eigenvalue weighted by atomic mass is 10.0. The standard InChI is InChI=1S/C13H18N3/c1-10(9-14)12-7-5-6-8-13(12)15-11(2)16(3)4/h5-6,8,10-11,15H,1-4H3. The highest BCUT2D eigenvalue weighted by Crippen LogP contribution is 2.23. The van der Waals surface area contributed by atoms with E-state index in [1.807, 2.05) is 39.2 Å². The quantitative estimate of drug-likeness (QED) is 0.786. The zero-order valence-corrected chi connectivity index (χ0v) is 10.3. The number of nitriles is 1. The van der Waals surface area contributed by atoms with Crippen molar-refractivity contribution in [2.75, 3.05) is 19.4 Å². The number of nitrogens with zero attached hydrogens (tertiary/aromatic N) is 2.